The van der Waals surface area contributed by atoms with Gasteiger partial charge in [0, 0.05) is 30.5 Å². The molecule has 202 valence electrons. The van der Waals surface area contributed by atoms with Crippen LogP contribution in [0.25, 0.3) is 5.69 Å². The molecule has 14 heteroatoms. The van der Waals surface area contributed by atoms with E-state index in [1.807, 2.05) is 6.92 Å². The quantitative estimate of drug-likeness (QED) is 0.238. The summed E-state index contributed by atoms with van der Waals surface area (Å²) in [6, 6.07) is 5.16. The summed E-state index contributed by atoms with van der Waals surface area (Å²) in [5.74, 6) is 1.16. The molecule has 0 fully saturated rings. The number of unbranched alkanes of at least 4 members (excludes halogenated alkanes) is 1. The first-order valence-corrected chi connectivity index (χ1v) is 14.6. The lowest BCUT2D eigenvalue weighted by Crippen LogP contribution is -2.31. The predicted molar refractivity (Wildman–Crippen MR) is 140 cm³/mol. The number of nitrogens with zero attached hydrogens (tertiary/aromatic N) is 5. The Morgan fingerprint density at radius 2 is 1.65 bits per heavy atom. The topological polar surface area (TPSA) is 155 Å². The van der Waals surface area contributed by atoms with Gasteiger partial charge in [-0.25, -0.2) is 26.8 Å². The molecule has 3 aromatic rings. The van der Waals surface area contributed by atoms with Gasteiger partial charge in [0.25, 0.3) is 0 Å². The molecule has 1 N–H and O–H groups in total. The number of sulfonamides is 1. The Balaban J connectivity index is 2.01. The number of nitrogens with one attached hydrogen (secondary N) is 1. The van der Waals surface area contributed by atoms with Crippen LogP contribution in [0.2, 0.25) is 0 Å². The summed E-state index contributed by atoms with van der Waals surface area (Å²) in [6.45, 7) is 5.17. The molecule has 2 aromatic heterocycles. The van der Waals surface area contributed by atoms with Gasteiger partial charge in [-0.1, -0.05) is 13.0 Å². The Morgan fingerprint density at radius 1 is 1.03 bits per heavy atom. The highest BCUT2D eigenvalue weighted by Gasteiger charge is 2.32. The van der Waals surface area contributed by atoms with Gasteiger partial charge < -0.3 is 9.47 Å². The summed E-state index contributed by atoms with van der Waals surface area (Å²) in [5.41, 5.74) is 1.29. The number of hydrogen-bond acceptors (Lipinski definition) is 10. The largest absolute Gasteiger partial charge is 0.494 e. The van der Waals surface area contributed by atoms with Crippen molar-refractivity contribution in [1.82, 2.24) is 24.7 Å². The number of methoxy groups -OCH3 is 2. The van der Waals surface area contributed by atoms with Crippen LogP contribution < -0.4 is 14.2 Å². The molecule has 12 nitrogen and oxygen atoms in total. The number of para-hydroxylation sites is 1. The maximum atomic E-state index is 13.4. The molecule has 3 rings (SSSR count). The Bertz CT molecular complexity index is 1360. The highest BCUT2D eigenvalue weighted by Crippen LogP contribution is 2.36. The van der Waals surface area contributed by atoms with Gasteiger partial charge in [0.2, 0.25) is 16.0 Å². The van der Waals surface area contributed by atoms with E-state index in [-0.39, 0.29) is 11.7 Å². The summed E-state index contributed by atoms with van der Waals surface area (Å²) in [5, 5.41) is 7.44. The summed E-state index contributed by atoms with van der Waals surface area (Å²) in [4.78, 5) is 8.55. The Hall–Kier alpha value is -3.26. The van der Waals surface area contributed by atoms with Crippen LogP contribution in [0.1, 0.15) is 49.8 Å². The maximum Gasteiger partial charge on any atom is 0.243 e. The fourth-order valence-corrected chi connectivity index (χ4v) is 5.41. The monoisotopic (exact) mass is 552 g/mol. The van der Waals surface area contributed by atoms with Gasteiger partial charge in [-0.15, -0.1) is 10.2 Å². The third kappa shape index (κ3) is 6.74. The van der Waals surface area contributed by atoms with E-state index in [0.717, 1.165) is 5.56 Å². The zero-order valence-corrected chi connectivity index (χ0v) is 23.1. The second-order valence-corrected chi connectivity index (χ2v) is 11.7. The Kier molecular flexibility index (Phi) is 9.43. The minimum Gasteiger partial charge on any atom is -0.494 e. The standard InChI is InChI=1S/C23H32N6O6S2/c1-15-13-24-22(25-14-15)16(2)17(3)37(32,33)28-23-27-26-20(11-6-7-12-36(30)31)29(23)21-18(34-4)9-8-10-19(21)35-5/h8-10,13-14,16-17,36H,6-7,11-12H2,1-5H3,(H,27,28)/t16-,17-/m0/s1. The van der Waals surface area contributed by atoms with Crippen molar-refractivity contribution >= 4 is 26.7 Å². The summed E-state index contributed by atoms with van der Waals surface area (Å²) < 4.78 is 64.0. The zero-order valence-electron chi connectivity index (χ0n) is 21.4. The van der Waals surface area contributed by atoms with Crippen LogP contribution in [0.3, 0.4) is 0 Å². The van der Waals surface area contributed by atoms with Gasteiger partial charge in [-0.2, -0.15) is 0 Å². The van der Waals surface area contributed by atoms with E-state index in [4.69, 9.17) is 9.47 Å². The van der Waals surface area contributed by atoms with Gasteiger partial charge in [0.15, 0.2) is 0 Å². The molecule has 0 aliphatic heterocycles. The average Bonchev–Trinajstić information content (AvgIpc) is 3.26. The minimum absolute atomic E-state index is 0.0448. The fourth-order valence-electron chi connectivity index (χ4n) is 3.69. The van der Waals surface area contributed by atoms with Crippen LogP contribution in [0, 0.1) is 6.92 Å². The van der Waals surface area contributed by atoms with Gasteiger partial charge in [-0.05, 0) is 44.4 Å². The van der Waals surface area contributed by atoms with Crippen LogP contribution in [0.4, 0.5) is 5.95 Å². The molecule has 2 heterocycles. The number of benzene rings is 1. The number of hydrogen-bond donors (Lipinski definition) is 2. The van der Waals surface area contributed by atoms with E-state index in [9.17, 15) is 16.8 Å². The first-order chi connectivity index (χ1) is 17.6. The molecule has 0 unspecified atom stereocenters. The van der Waals surface area contributed by atoms with Crippen LogP contribution in [-0.2, 0) is 27.1 Å². The number of rotatable bonds is 13. The van der Waals surface area contributed by atoms with E-state index in [1.54, 1.807) is 44.4 Å². The van der Waals surface area contributed by atoms with Crippen molar-refractivity contribution in [1.29, 1.82) is 0 Å². The third-order valence-electron chi connectivity index (χ3n) is 5.98. The summed E-state index contributed by atoms with van der Waals surface area (Å²) in [7, 11) is -3.48. The molecule has 1 aromatic carbocycles. The number of aryl methyl sites for hydroxylation is 2. The fraction of sp³-hybridized carbons (Fsp3) is 0.478. The second-order valence-electron chi connectivity index (χ2n) is 8.56. The van der Waals surface area contributed by atoms with Crippen molar-refractivity contribution in [2.75, 3.05) is 24.7 Å². The van der Waals surface area contributed by atoms with E-state index in [0.29, 0.717) is 48.1 Å². The smallest absolute Gasteiger partial charge is 0.243 e. The molecular weight excluding hydrogens is 520 g/mol. The Morgan fingerprint density at radius 3 is 2.22 bits per heavy atom. The van der Waals surface area contributed by atoms with Crippen molar-refractivity contribution < 1.29 is 26.3 Å². The van der Waals surface area contributed by atoms with Crippen molar-refractivity contribution in [3.05, 3.63) is 47.8 Å². The van der Waals surface area contributed by atoms with Crippen molar-refractivity contribution in [2.45, 2.75) is 51.2 Å². The van der Waals surface area contributed by atoms with Crippen molar-refractivity contribution in [2.24, 2.45) is 0 Å². The van der Waals surface area contributed by atoms with E-state index in [1.165, 1.54) is 18.8 Å². The normalized spacial score (nSPS) is 13.4. The predicted octanol–water partition coefficient (Wildman–Crippen LogP) is 2.25. The molecule has 0 radical (unpaired) electrons. The van der Waals surface area contributed by atoms with Crippen LogP contribution in [-0.4, -0.2) is 66.8 Å². The molecule has 2 atom stereocenters. The molecule has 37 heavy (non-hydrogen) atoms. The van der Waals surface area contributed by atoms with Gasteiger partial charge in [0.05, 0.1) is 19.5 Å². The van der Waals surface area contributed by atoms with E-state index >= 15 is 0 Å². The van der Waals surface area contributed by atoms with Gasteiger partial charge >= 0.3 is 0 Å². The maximum absolute atomic E-state index is 13.4. The molecule has 0 saturated heterocycles. The molecule has 0 saturated carbocycles. The molecule has 0 aliphatic carbocycles. The van der Waals surface area contributed by atoms with E-state index in [2.05, 4.69) is 24.9 Å². The third-order valence-corrected chi connectivity index (χ3v) is 8.52. The van der Waals surface area contributed by atoms with Crippen molar-refractivity contribution in [3.63, 3.8) is 0 Å². The van der Waals surface area contributed by atoms with Crippen LogP contribution in [0.15, 0.2) is 30.6 Å². The van der Waals surface area contributed by atoms with E-state index < -0.39 is 31.9 Å². The lowest BCUT2D eigenvalue weighted by molar-refractivity contribution is 0.390. The van der Waals surface area contributed by atoms with Gasteiger partial charge in [-0.3, -0.25) is 9.29 Å². The highest BCUT2D eigenvalue weighted by molar-refractivity contribution is 7.93. The number of thiol groups is 1. The van der Waals surface area contributed by atoms with Crippen LogP contribution >= 0.6 is 0 Å². The average molecular weight is 553 g/mol. The minimum atomic E-state index is -3.98. The summed E-state index contributed by atoms with van der Waals surface area (Å²) >= 11 is 0. The SMILES string of the molecule is COc1cccc(OC)c1-n1c(CCCC[SH](=O)=O)nnc1NS(=O)(=O)[C@@H](C)[C@H](C)c1ncc(C)cn1. The molecule has 0 aliphatic rings. The number of aromatic nitrogens is 5. The molecular formula is C23H32N6O6S2. The van der Waals surface area contributed by atoms with Crippen molar-refractivity contribution in [3.8, 4) is 17.2 Å². The zero-order chi connectivity index (χ0) is 27.2. The van der Waals surface area contributed by atoms with Gasteiger partial charge in [0.1, 0.15) is 39.5 Å². The molecule has 0 amide bonds. The highest BCUT2D eigenvalue weighted by atomic mass is 32.2. The first-order valence-electron chi connectivity index (χ1n) is 11.7. The number of anilines is 1. The first kappa shape index (κ1) is 28.3. The molecule has 0 bridgehead atoms. The van der Waals surface area contributed by atoms with Crippen LogP contribution in [0.5, 0.6) is 11.5 Å². The molecule has 0 spiro atoms. The lowest BCUT2D eigenvalue weighted by Gasteiger charge is -2.21. The Labute approximate surface area is 218 Å². The second kappa shape index (κ2) is 12.3. The number of ether oxygens (including phenoxy) is 2. The summed E-state index contributed by atoms with van der Waals surface area (Å²) in [6.07, 6.45) is 4.57. The lowest BCUT2D eigenvalue weighted by atomic mass is 10.1.